The second kappa shape index (κ2) is 5.38. The normalized spacial score (nSPS) is 19.2. The van der Waals surface area contributed by atoms with Crippen LogP contribution in [0.15, 0.2) is 18.2 Å². The Kier molecular flexibility index (Phi) is 3.86. The first-order valence-electron chi connectivity index (χ1n) is 5.73. The van der Waals surface area contributed by atoms with E-state index in [1.165, 1.54) is 12.8 Å². The molecule has 1 fully saturated rings. The third-order valence-corrected chi connectivity index (χ3v) is 3.28. The standard InChI is InChI=1S/C12H16ClN3O/c13-10-4-3-8(12(14)17)6-11(10)16-7-9-2-1-5-15-9/h3-4,6,9,15-16H,1-2,5,7H2,(H2,14,17). The number of hydrogen-bond acceptors (Lipinski definition) is 3. The van der Waals surface area contributed by atoms with Gasteiger partial charge in [0.2, 0.25) is 5.91 Å². The monoisotopic (exact) mass is 253 g/mol. The molecular formula is C12H16ClN3O. The summed E-state index contributed by atoms with van der Waals surface area (Å²) in [6, 6.07) is 5.48. The highest BCUT2D eigenvalue weighted by Gasteiger charge is 2.14. The lowest BCUT2D eigenvalue weighted by molar-refractivity contribution is 0.100. The molecule has 1 saturated heterocycles. The lowest BCUT2D eigenvalue weighted by Gasteiger charge is -2.14. The average Bonchev–Trinajstić information content (AvgIpc) is 2.80. The van der Waals surface area contributed by atoms with Gasteiger partial charge in [0.1, 0.15) is 0 Å². The van der Waals surface area contributed by atoms with Crippen molar-refractivity contribution in [2.45, 2.75) is 18.9 Å². The molecule has 1 atom stereocenters. The van der Waals surface area contributed by atoms with Crippen LogP contribution in [0.1, 0.15) is 23.2 Å². The first-order chi connectivity index (χ1) is 8.16. The number of carbonyl (C=O) groups is 1. The predicted molar refractivity (Wildman–Crippen MR) is 69.5 cm³/mol. The van der Waals surface area contributed by atoms with Gasteiger partial charge in [-0.05, 0) is 37.6 Å². The van der Waals surface area contributed by atoms with Crippen LogP contribution in [0.3, 0.4) is 0 Å². The van der Waals surface area contributed by atoms with Gasteiger partial charge >= 0.3 is 0 Å². The first-order valence-corrected chi connectivity index (χ1v) is 6.11. The van der Waals surface area contributed by atoms with E-state index in [2.05, 4.69) is 10.6 Å². The van der Waals surface area contributed by atoms with E-state index < -0.39 is 5.91 Å². The lowest BCUT2D eigenvalue weighted by Crippen LogP contribution is -2.29. The molecule has 0 radical (unpaired) electrons. The van der Waals surface area contributed by atoms with Gasteiger partial charge in [-0.3, -0.25) is 4.79 Å². The fourth-order valence-electron chi connectivity index (χ4n) is 1.98. The molecule has 17 heavy (non-hydrogen) atoms. The van der Waals surface area contributed by atoms with E-state index in [4.69, 9.17) is 17.3 Å². The lowest BCUT2D eigenvalue weighted by atomic mass is 10.1. The summed E-state index contributed by atoms with van der Waals surface area (Å²) in [5.41, 5.74) is 6.46. The Morgan fingerprint density at radius 2 is 2.41 bits per heavy atom. The molecule has 1 heterocycles. The van der Waals surface area contributed by atoms with Crippen molar-refractivity contribution >= 4 is 23.2 Å². The molecule has 4 nitrogen and oxygen atoms in total. The molecule has 0 spiro atoms. The van der Waals surface area contributed by atoms with E-state index in [9.17, 15) is 4.79 Å². The van der Waals surface area contributed by atoms with E-state index in [-0.39, 0.29) is 0 Å². The number of benzene rings is 1. The number of primary amides is 1. The number of hydrogen-bond donors (Lipinski definition) is 3. The zero-order valence-corrected chi connectivity index (χ0v) is 10.3. The Balaban J connectivity index is 2.03. The third kappa shape index (κ3) is 3.11. The van der Waals surface area contributed by atoms with Gasteiger partial charge in [0.25, 0.3) is 0 Å². The smallest absolute Gasteiger partial charge is 0.248 e. The van der Waals surface area contributed by atoms with Crippen LogP contribution in [0.4, 0.5) is 5.69 Å². The molecule has 0 aliphatic carbocycles. The van der Waals surface area contributed by atoms with Crippen molar-refractivity contribution in [3.05, 3.63) is 28.8 Å². The van der Waals surface area contributed by atoms with Crippen molar-refractivity contribution < 1.29 is 4.79 Å². The summed E-state index contributed by atoms with van der Waals surface area (Å²) >= 11 is 6.05. The van der Waals surface area contributed by atoms with Gasteiger partial charge in [0.05, 0.1) is 10.7 Å². The highest BCUT2D eigenvalue weighted by atomic mass is 35.5. The maximum absolute atomic E-state index is 11.1. The molecule has 1 unspecified atom stereocenters. The third-order valence-electron chi connectivity index (χ3n) is 2.95. The molecule has 4 N–H and O–H groups in total. The Morgan fingerprint density at radius 3 is 3.06 bits per heavy atom. The van der Waals surface area contributed by atoms with Gasteiger partial charge in [-0.25, -0.2) is 0 Å². The predicted octanol–water partition coefficient (Wildman–Crippen LogP) is 1.60. The van der Waals surface area contributed by atoms with Crippen LogP contribution in [0.2, 0.25) is 5.02 Å². The van der Waals surface area contributed by atoms with Crippen molar-refractivity contribution in [1.82, 2.24) is 5.32 Å². The molecule has 5 heteroatoms. The van der Waals surface area contributed by atoms with Crippen LogP contribution >= 0.6 is 11.6 Å². The number of nitrogens with two attached hydrogens (primary N) is 1. The molecular weight excluding hydrogens is 238 g/mol. The second-order valence-electron chi connectivity index (χ2n) is 4.23. The van der Waals surface area contributed by atoms with Crippen LogP contribution in [0.5, 0.6) is 0 Å². The fraction of sp³-hybridized carbons (Fsp3) is 0.417. The van der Waals surface area contributed by atoms with Crippen LogP contribution in [-0.4, -0.2) is 25.0 Å². The molecule has 0 saturated carbocycles. The molecule has 0 aromatic heterocycles. The van der Waals surface area contributed by atoms with Crippen molar-refractivity contribution in [3.63, 3.8) is 0 Å². The highest BCUT2D eigenvalue weighted by molar-refractivity contribution is 6.33. The molecule has 1 aromatic rings. The zero-order chi connectivity index (χ0) is 12.3. The summed E-state index contributed by atoms with van der Waals surface area (Å²) in [7, 11) is 0. The number of halogens is 1. The minimum atomic E-state index is -0.441. The van der Waals surface area contributed by atoms with Gasteiger partial charge in [-0.1, -0.05) is 11.6 Å². The number of nitrogens with one attached hydrogen (secondary N) is 2. The van der Waals surface area contributed by atoms with Crippen molar-refractivity contribution in [2.75, 3.05) is 18.4 Å². The summed E-state index contributed by atoms with van der Waals surface area (Å²) in [4.78, 5) is 11.1. The summed E-state index contributed by atoms with van der Waals surface area (Å²) in [6.45, 7) is 1.88. The zero-order valence-electron chi connectivity index (χ0n) is 9.50. The molecule has 92 valence electrons. The first kappa shape index (κ1) is 12.2. The van der Waals surface area contributed by atoms with Crippen molar-refractivity contribution in [2.24, 2.45) is 5.73 Å². The van der Waals surface area contributed by atoms with Crippen LogP contribution in [0, 0.1) is 0 Å². The van der Waals surface area contributed by atoms with Gasteiger partial charge < -0.3 is 16.4 Å². The Morgan fingerprint density at radius 1 is 1.59 bits per heavy atom. The van der Waals surface area contributed by atoms with E-state index >= 15 is 0 Å². The fourth-order valence-corrected chi connectivity index (χ4v) is 2.16. The minimum absolute atomic E-state index is 0.441. The minimum Gasteiger partial charge on any atom is -0.382 e. The maximum atomic E-state index is 11.1. The van der Waals surface area contributed by atoms with Crippen molar-refractivity contribution in [1.29, 1.82) is 0 Å². The largest absolute Gasteiger partial charge is 0.382 e. The van der Waals surface area contributed by atoms with E-state index in [0.717, 1.165) is 18.8 Å². The molecule has 2 rings (SSSR count). The van der Waals surface area contributed by atoms with E-state index in [1.54, 1.807) is 18.2 Å². The van der Waals surface area contributed by atoms with Crippen molar-refractivity contribution in [3.8, 4) is 0 Å². The maximum Gasteiger partial charge on any atom is 0.248 e. The second-order valence-corrected chi connectivity index (χ2v) is 4.64. The van der Waals surface area contributed by atoms with Gasteiger partial charge in [0.15, 0.2) is 0 Å². The van der Waals surface area contributed by atoms with Crippen LogP contribution in [0.25, 0.3) is 0 Å². The highest BCUT2D eigenvalue weighted by Crippen LogP contribution is 2.23. The van der Waals surface area contributed by atoms with Gasteiger partial charge in [0, 0.05) is 18.2 Å². The summed E-state index contributed by atoms with van der Waals surface area (Å²) < 4.78 is 0. The van der Waals surface area contributed by atoms with Crippen LogP contribution in [-0.2, 0) is 0 Å². The Labute approximate surface area is 106 Å². The summed E-state index contributed by atoms with van der Waals surface area (Å²) in [6.07, 6.45) is 2.38. The van der Waals surface area contributed by atoms with E-state index in [1.807, 2.05) is 0 Å². The summed E-state index contributed by atoms with van der Waals surface area (Å²) in [5, 5.41) is 7.24. The average molecular weight is 254 g/mol. The number of anilines is 1. The van der Waals surface area contributed by atoms with Gasteiger partial charge in [-0.15, -0.1) is 0 Å². The van der Waals surface area contributed by atoms with E-state index in [0.29, 0.717) is 16.6 Å². The number of amides is 1. The topological polar surface area (TPSA) is 67.2 Å². The Bertz CT molecular complexity index is 416. The Hall–Kier alpha value is -1.26. The number of carbonyl (C=O) groups excluding carboxylic acids is 1. The van der Waals surface area contributed by atoms with Gasteiger partial charge in [-0.2, -0.15) is 0 Å². The molecule has 1 aliphatic rings. The summed E-state index contributed by atoms with van der Waals surface area (Å²) in [5.74, 6) is -0.441. The molecule has 1 aromatic carbocycles. The van der Waals surface area contributed by atoms with Crippen LogP contribution < -0.4 is 16.4 Å². The molecule has 1 aliphatic heterocycles. The molecule has 0 bridgehead atoms. The molecule has 1 amide bonds. The SMILES string of the molecule is NC(=O)c1ccc(Cl)c(NCC2CCCN2)c1. The number of rotatable bonds is 4. The quantitative estimate of drug-likeness (QED) is 0.764.